The summed E-state index contributed by atoms with van der Waals surface area (Å²) in [6, 6.07) is 3.25. The molecule has 0 aliphatic carbocycles. The molecule has 0 saturated carbocycles. The molecule has 0 radical (unpaired) electrons. The maximum Gasteiger partial charge on any atom is 0.343 e. The van der Waals surface area contributed by atoms with Gasteiger partial charge in [0, 0.05) is 17.7 Å². The van der Waals surface area contributed by atoms with Gasteiger partial charge in [-0.15, -0.1) is 0 Å². The molecule has 9 heteroatoms. The van der Waals surface area contributed by atoms with Crippen molar-refractivity contribution in [3.8, 4) is 28.7 Å². The van der Waals surface area contributed by atoms with Crippen LogP contribution in [0.5, 0.6) is 28.7 Å². The van der Waals surface area contributed by atoms with E-state index in [1.54, 1.807) is 13.2 Å². The second-order valence-electron chi connectivity index (χ2n) is 8.26. The standard InChI is InChI=1S/C23H26N2O7/c1-23(12-6-7-13(27-3)17(28-4)15(12)22(26)32-23)21-14-11(8-9-25(21)2)16(24)19-20(18(14)29-5)31-10-30-19/h6-7,21H,8-10,24H2,1-5H3/t21-,23+/m1/s1. The van der Waals surface area contributed by atoms with Gasteiger partial charge in [-0.1, -0.05) is 6.07 Å². The Labute approximate surface area is 185 Å². The normalized spacial score (nSPS) is 23.4. The molecule has 0 saturated heterocycles. The van der Waals surface area contributed by atoms with Crippen molar-refractivity contribution in [3.63, 3.8) is 0 Å². The highest BCUT2D eigenvalue weighted by molar-refractivity contribution is 5.99. The van der Waals surface area contributed by atoms with Crippen LogP contribution in [-0.2, 0) is 16.8 Å². The Morgan fingerprint density at radius 2 is 1.81 bits per heavy atom. The summed E-state index contributed by atoms with van der Waals surface area (Å²) in [5, 5.41) is 0. The maximum absolute atomic E-state index is 13.1. The first kappa shape index (κ1) is 20.6. The lowest BCUT2D eigenvalue weighted by molar-refractivity contribution is -0.0508. The monoisotopic (exact) mass is 442 g/mol. The molecular weight excluding hydrogens is 416 g/mol. The fourth-order valence-electron chi connectivity index (χ4n) is 5.33. The summed E-state index contributed by atoms with van der Waals surface area (Å²) in [5.74, 6) is 1.88. The molecule has 2 atom stereocenters. The lowest BCUT2D eigenvalue weighted by atomic mass is 9.77. The number of esters is 1. The van der Waals surface area contributed by atoms with E-state index >= 15 is 0 Å². The number of nitrogens with zero attached hydrogens (tertiary/aromatic N) is 1. The van der Waals surface area contributed by atoms with Crippen molar-refractivity contribution in [3.05, 3.63) is 34.4 Å². The number of likely N-dealkylation sites (N-methyl/N-ethyl adjacent to an activating group) is 1. The van der Waals surface area contributed by atoms with Crippen LogP contribution in [0.15, 0.2) is 12.1 Å². The Balaban J connectivity index is 1.77. The first-order valence-corrected chi connectivity index (χ1v) is 10.3. The van der Waals surface area contributed by atoms with Gasteiger partial charge in [0.1, 0.15) is 5.56 Å². The predicted octanol–water partition coefficient (Wildman–Crippen LogP) is 2.64. The van der Waals surface area contributed by atoms with E-state index in [-0.39, 0.29) is 12.8 Å². The first-order valence-electron chi connectivity index (χ1n) is 10.3. The number of methoxy groups -OCH3 is 3. The number of hydrogen-bond acceptors (Lipinski definition) is 9. The highest BCUT2D eigenvalue weighted by Gasteiger charge is 2.54. The summed E-state index contributed by atoms with van der Waals surface area (Å²) in [4.78, 5) is 15.3. The molecule has 0 amide bonds. The minimum Gasteiger partial charge on any atom is -0.493 e. The molecule has 2 aromatic rings. The fraction of sp³-hybridized carbons (Fsp3) is 0.435. The van der Waals surface area contributed by atoms with Crippen molar-refractivity contribution in [2.75, 3.05) is 47.4 Å². The summed E-state index contributed by atoms with van der Waals surface area (Å²) in [6.07, 6.45) is 0.698. The van der Waals surface area contributed by atoms with Crippen molar-refractivity contribution in [1.29, 1.82) is 0 Å². The topological polar surface area (TPSA) is 102 Å². The number of ether oxygens (including phenoxy) is 6. The zero-order valence-corrected chi connectivity index (χ0v) is 18.7. The van der Waals surface area contributed by atoms with Crippen LogP contribution in [0.3, 0.4) is 0 Å². The van der Waals surface area contributed by atoms with Crippen molar-refractivity contribution >= 4 is 11.7 Å². The second kappa shape index (κ2) is 7.09. The van der Waals surface area contributed by atoms with Gasteiger partial charge in [0.15, 0.2) is 28.6 Å². The second-order valence-corrected chi connectivity index (χ2v) is 8.26. The Hall–Kier alpha value is -3.33. The fourth-order valence-corrected chi connectivity index (χ4v) is 5.33. The first-order chi connectivity index (χ1) is 15.4. The third-order valence-electron chi connectivity index (χ3n) is 6.70. The highest BCUT2D eigenvalue weighted by atomic mass is 16.7. The van der Waals surface area contributed by atoms with Gasteiger partial charge in [-0.2, -0.15) is 0 Å². The van der Waals surface area contributed by atoms with E-state index in [0.29, 0.717) is 58.5 Å². The van der Waals surface area contributed by atoms with E-state index in [9.17, 15) is 4.79 Å². The molecule has 9 nitrogen and oxygen atoms in total. The van der Waals surface area contributed by atoms with Gasteiger partial charge < -0.3 is 34.2 Å². The predicted molar refractivity (Wildman–Crippen MR) is 115 cm³/mol. The van der Waals surface area contributed by atoms with Crippen LogP contribution >= 0.6 is 0 Å². The Morgan fingerprint density at radius 3 is 2.50 bits per heavy atom. The van der Waals surface area contributed by atoms with Gasteiger partial charge in [-0.05, 0) is 32.0 Å². The molecule has 2 N–H and O–H groups in total. The van der Waals surface area contributed by atoms with Crippen molar-refractivity contribution in [2.45, 2.75) is 25.0 Å². The van der Waals surface area contributed by atoms with Crippen LogP contribution in [-0.4, -0.2) is 52.6 Å². The minimum absolute atomic E-state index is 0.0748. The molecule has 0 aromatic heterocycles. The molecule has 0 spiro atoms. The van der Waals surface area contributed by atoms with Gasteiger partial charge in [-0.3, -0.25) is 4.90 Å². The largest absolute Gasteiger partial charge is 0.493 e. The summed E-state index contributed by atoms with van der Waals surface area (Å²) in [6.45, 7) is 2.69. The molecule has 32 heavy (non-hydrogen) atoms. The molecule has 5 rings (SSSR count). The average molecular weight is 442 g/mol. The zero-order chi connectivity index (χ0) is 22.8. The molecule has 0 bridgehead atoms. The van der Waals surface area contributed by atoms with Crippen LogP contribution in [0.1, 0.15) is 40.0 Å². The molecule has 0 unspecified atom stereocenters. The number of rotatable bonds is 4. The third-order valence-corrected chi connectivity index (χ3v) is 6.70. The molecule has 170 valence electrons. The Kier molecular flexibility index (Phi) is 4.56. The summed E-state index contributed by atoms with van der Waals surface area (Å²) >= 11 is 0. The van der Waals surface area contributed by atoms with E-state index in [1.807, 2.05) is 20.0 Å². The van der Waals surface area contributed by atoms with Gasteiger partial charge in [0.05, 0.1) is 33.1 Å². The SMILES string of the molecule is COc1ccc2c(c1OC)C(=O)O[C@]2(C)[C@H]1c2c(c(N)c3c(c2OC)OCO3)CCN1C. The minimum atomic E-state index is -1.04. The highest BCUT2D eigenvalue weighted by Crippen LogP contribution is 2.59. The van der Waals surface area contributed by atoms with Crippen LogP contribution in [0.2, 0.25) is 0 Å². The van der Waals surface area contributed by atoms with E-state index in [2.05, 4.69) is 4.90 Å². The number of cyclic esters (lactones) is 1. The molecule has 0 fully saturated rings. The van der Waals surface area contributed by atoms with Crippen molar-refractivity contribution < 1.29 is 33.2 Å². The lowest BCUT2D eigenvalue weighted by Gasteiger charge is -2.44. The zero-order valence-electron chi connectivity index (χ0n) is 18.7. The summed E-state index contributed by atoms with van der Waals surface area (Å²) < 4.78 is 34.2. The van der Waals surface area contributed by atoms with Crippen molar-refractivity contribution in [2.24, 2.45) is 0 Å². The van der Waals surface area contributed by atoms with Crippen LogP contribution in [0.4, 0.5) is 5.69 Å². The van der Waals surface area contributed by atoms with E-state index in [4.69, 9.17) is 34.2 Å². The number of hydrogen-bond donors (Lipinski definition) is 1. The number of anilines is 1. The van der Waals surface area contributed by atoms with Gasteiger partial charge in [0.25, 0.3) is 0 Å². The average Bonchev–Trinajstić information content (AvgIpc) is 3.37. The molecular formula is C23H26N2O7. The van der Waals surface area contributed by atoms with Crippen LogP contribution in [0, 0.1) is 0 Å². The van der Waals surface area contributed by atoms with Gasteiger partial charge in [0.2, 0.25) is 12.5 Å². The molecule has 3 aliphatic rings. The molecule has 3 heterocycles. The number of carbonyl (C=O) groups is 1. The summed E-state index contributed by atoms with van der Waals surface area (Å²) in [7, 11) is 6.62. The van der Waals surface area contributed by atoms with E-state index in [0.717, 1.165) is 11.1 Å². The number of nitrogens with two attached hydrogens (primary N) is 1. The number of benzene rings is 2. The summed E-state index contributed by atoms with van der Waals surface area (Å²) in [5.41, 5.74) is 8.83. The van der Waals surface area contributed by atoms with E-state index < -0.39 is 11.6 Å². The van der Waals surface area contributed by atoms with Crippen LogP contribution in [0.25, 0.3) is 0 Å². The number of carbonyl (C=O) groups excluding carboxylic acids is 1. The van der Waals surface area contributed by atoms with Gasteiger partial charge in [-0.25, -0.2) is 4.79 Å². The maximum atomic E-state index is 13.1. The van der Waals surface area contributed by atoms with E-state index in [1.165, 1.54) is 14.2 Å². The number of fused-ring (bicyclic) bond motifs is 3. The molecule has 3 aliphatic heterocycles. The quantitative estimate of drug-likeness (QED) is 0.565. The molecule has 2 aromatic carbocycles. The van der Waals surface area contributed by atoms with Crippen molar-refractivity contribution in [1.82, 2.24) is 4.90 Å². The Morgan fingerprint density at radius 1 is 1.09 bits per heavy atom. The van der Waals surface area contributed by atoms with Gasteiger partial charge >= 0.3 is 5.97 Å². The smallest absolute Gasteiger partial charge is 0.343 e. The third kappa shape index (κ3) is 2.51. The van der Waals surface area contributed by atoms with Crippen LogP contribution < -0.4 is 29.4 Å². The lowest BCUT2D eigenvalue weighted by Crippen LogP contribution is -2.45. The number of nitrogen functional groups attached to an aromatic ring is 1. The Bertz CT molecular complexity index is 1130.